The van der Waals surface area contributed by atoms with Gasteiger partial charge in [0.1, 0.15) is 4.21 Å². The lowest BCUT2D eigenvalue weighted by atomic mass is 10.1. The van der Waals surface area contributed by atoms with Crippen molar-refractivity contribution in [1.82, 2.24) is 0 Å². The maximum absolute atomic E-state index is 12.1. The van der Waals surface area contributed by atoms with E-state index in [0.29, 0.717) is 16.5 Å². The summed E-state index contributed by atoms with van der Waals surface area (Å²) in [4.78, 5) is 12.5. The highest BCUT2D eigenvalue weighted by atomic mass is 32.2. The van der Waals surface area contributed by atoms with Crippen LogP contribution in [0, 0.1) is 12.8 Å². The van der Waals surface area contributed by atoms with E-state index in [0.717, 1.165) is 11.3 Å². The molecule has 0 spiro atoms. The molecule has 0 radical (unpaired) electrons. The minimum Gasteiger partial charge on any atom is -0.272 e. The van der Waals surface area contributed by atoms with Crippen molar-refractivity contribution in [2.45, 2.75) is 37.8 Å². The molecule has 96 valence electrons. The van der Waals surface area contributed by atoms with Crippen molar-refractivity contribution in [1.29, 1.82) is 0 Å². The molecule has 0 saturated carbocycles. The van der Waals surface area contributed by atoms with E-state index in [-0.39, 0.29) is 5.91 Å². The van der Waals surface area contributed by atoms with Crippen LogP contribution in [0.5, 0.6) is 0 Å². The van der Waals surface area contributed by atoms with Crippen LogP contribution in [0.15, 0.2) is 20.7 Å². The minimum absolute atomic E-state index is 0.302. The Labute approximate surface area is 107 Å². The molecule has 1 aromatic rings. The molecular formula is C11H18N2O2S2. The zero-order valence-electron chi connectivity index (χ0n) is 10.3. The third-order valence-electron chi connectivity index (χ3n) is 2.18. The maximum Gasteiger partial charge on any atom is 0.255 e. The van der Waals surface area contributed by atoms with E-state index in [2.05, 4.69) is 4.36 Å². The molecular weight excluding hydrogens is 256 g/mol. The number of amides is 1. The van der Waals surface area contributed by atoms with Gasteiger partial charge in [-0.1, -0.05) is 13.8 Å². The fourth-order valence-corrected chi connectivity index (χ4v) is 3.54. The third-order valence-corrected chi connectivity index (χ3v) is 5.13. The number of rotatable bonds is 4. The first-order valence-corrected chi connectivity index (χ1v) is 7.85. The van der Waals surface area contributed by atoms with Gasteiger partial charge in [0.05, 0.1) is 0 Å². The zero-order chi connectivity index (χ0) is 13.1. The third kappa shape index (κ3) is 4.57. The summed E-state index contributed by atoms with van der Waals surface area (Å²) in [6, 6.07) is 3.49. The van der Waals surface area contributed by atoms with Crippen molar-refractivity contribution in [2.24, 2.45) is 15.4 Å². The van der Waals surface area contributed by atoms with E-state index in [1.165, 1.54) is 11.3 Å². The second-order valence-corrected chi connectivity index (χ2v) is 7.66. The molecule has 0 bridgehead atoms. The first kappa shape index (κ1) is 14.3. The number of hydrogen-bond donors (Lipinski definition) is 1. The summed E-state index contributed by atoms with van der Waals surface area (Å²) in [5.41, 5.74) is 0. The molecule has 0 aromatic carbocycles. The van der Waals surface area contributed by atoms with Crippen molar-refractivity contribution in [2.75, 3.05) is 0 Å². The first-order valence-electron chi connectivity index (χ1n) is 5.45. The topological polar surface area (TPSA) is 72.5 Å². The fraction of sp³-hybridized carbons (Fsp3) is 0.545. The maximum atomic E-state index is 12.1. The van der Waals surface area contributed by atoms with Crippen LogP contribution in [0.3, 0.4) is 0 Å². The number of carbonyl (C=O) groups excluding carboxylic acids is 1. The second kappa shape index (κ2) is 5.75. The van der Waals surface area contributed by atoms with Crippen LogP contribution in [-0.4, -0.2) is 10.1 Å². The predicted molar refractivity (Wildman–Crippen MR) is 71.2 cm³/mol. The highest BCUT2D eigenvalue weighted by Crippen LogP contribution is 2.21. The van der Waals surface area contributed by atoms with Crippen molar-refractivity contribution in [3.8, 4) is 0 Å². The second-order valence-electron chi connectivity index (χ2n) is 4.35. The zero-order valence-corrected chi connectivity index (χ0v) is 11.9. The minimum atomic E-state index is -3.04. The van der Waals surface area contributed by atoms with Crippen molar-refractivity contribution >= 4 is 27.2 Å². The van der Waals surface area contributed by atoms with Crippen LogP contribution in [-0.2, 0) is 14.7 Å². The number of nitrogens with zero attached hydrogens (tertiary/aromatic N) is 1. The number of carbonyl (C=O) groups is 1. The number of nitrogens with two attached hydrogens (primary N) is 1. The van der Waals surface area contributed by atoms with E-state index in [1.807, 2.05) is 26.8 Å². The van der Waals surface area contributed by atoms with Gasteiger partial charge in [0.15, 0.2) is 9.92 Å². The van der Waals surface area contributed by atoms with Gasteiger partial charge in [-0.25, -0.2) is 9.35 Å². The highest BCUT2D eigenvalue weighted by molar-refractivity contribution is 7.93. The molecule has 1 amide bonds. The van der Waals surface area contributed by atoms with Crippen molar-refractivity contribution in [3.63, 3.8) is 0 Å². The van der Waals surface area contributed by atoms with Crippen LogP contribution >= 0.6 is 11.3 Å². The Hall–Kier alpha value is -0.720. The molecule has 0 saturated heterocycles. The Morgan fingerprint density at radius 1 is 1.53 bits per heavy atom. The van der Waals surface area contributed by atoms with Gasteiger partial charge in [0.25, 0.3) is 5.91 Å². The largest absolute Gasteiger partial charge is 0.272 e. The van der Waals surface area contributed by atoms with Gasteiger partial charge in [-0.15, -0.1) is 15.7 Å². The Balaban J connectivity index is 2.83. The van der Waals surface area contributed by atoms with Gasteiger partial charge in [-0.05, 0) is 31.4 Å². The van der Waals surface area contributed by atoms with Gasteiger partial charge < -0.3 is 0 Å². The Morgan fingerprint density at radius 3 is 2.65 bits per heavy atom. The van der Waals surface area contributed by atoms with Crippen molar-refractivity contribution < 1.29 is 9.00 Å². The molecule has 1 atom stereocenters. The molecule has 1 heterocycles. The van der Waals surface area contributed by atoms with Gasteiger partial charge in [0.2, 0.25) is 0 Å². The van der Waals surface area contributed by atoms with E-state index in [1.54, 1.807) is 6.07 Å². The summed E-state index contributed by atoms with van der Waals surface area (Å²) >= 11 is 1.31. The molecule has 0 aliphatic heterocycles. The van der Waals surface area contributed by atoms with Gasteiger partial charge in [-0.3, -0.25) is 4.79 Å². The highest BCUT2D eigenvalue weighted by Gasteiger charge is 2.12. The lowest BCUT2D eigenvalue weighted by Gasteiger charge is -2.02. The van der Waals surface area contributed by atoms with Crippen molar-refractivity contribution in [3.05, 3.63) is 17.0 Å². The van der Waals surface area contributed by atoms with Crippen LogP contribution in [0.4, 0.5) is 0 Å². The fourth-order valence-electron chi connectivity index (χ4n) is 1.22. The summed E-state index contributed by atoms with van der Waals surface area (Å²) < 4.78 is 16.2. The molecule has 1 rings (SSSR count). The van der Waals surface area contributed by atoms with Crippen LogP contribution in [0.2, 0.25) is 0 Å². The SMILES string of the molecule is Cc1ccc(S(N)(=O)=NC(=O)CCC(C)C)s1. The summed E-state index contributed by atoms with van der Waals surface area (Å²) in [5.74, 6) is 0.0456. The summed E-state index contributed by atoms with van der Waals surface area (Å²) in [5, 5.41) is 5.61. The van der Waals surface area contributed by atoms with E-state index >= 15 is 0 Å². The molecule has 1 unspecified atom stereocenters. The average Bonchev–Trinajstić information content (AvgIpc) is 2.62. The normalized spacial score (nSPS) is 14.6. The first-order chi connectivity index (χ1) is 7.81. The molecule has 0 fully saturated rings. The van der Waals surface area contributed by atoms with Gasteiger partial charge >= 0.3 is 0 Å². The van der Waals surface area contributed by atoms with E-state index < -0.39 is 9.92 Å². The summed E-state index contributed by atoms with van der Waals surface area (Å²) in [6.45, 7) is 5.94. The quantitative estimate of drug-likeness (QED) is 0.916. The molecule has 0 aliphatic carbocycles. The number of thiophene rings is 1. The van der Waals surface area contributed by atoms with Crippen LogP contribution < -0.4 is 5.14 Å². The Kier molecular flexibility index (Phi) is 4.85. The number of hydrogen-bond acceptors (Lipinski definition) is 3. The Bertz CT molecular complexity index is 511. The molecule has 1 aromatic heterocycles. The summed E-state index contributed by atoms with van der Waals surface area (Å²) in [7, 11) is -3.04. The van der Waals surface area contributed by atoms with Crippen LogP contribution in [0.25, 0.3) is 0 Å². The van der Waals surface area contributed by atoms with Gasteiger partial charge in [0, 0.05) is 11.3 Å². The molecule has 2 N–H and O–H groups in total. The lowest BCUT2D eigenvalue weighted by Crippen LogP contribution is -2.13. The van der Waals surface area contributed by atoms with E-state index in [4.69, 9.17) is 5.14 Å². The van der Waals surface area contributed by atoms with Crippen LogP contribution in [0.1, 0.15) is 31.6 Å². The predicted octanol–water partition coefficient (Wildman–Crippen LogP) is 2.72. The lowest BCUT2D eigenvalue weighted by molar-refractivity contribution is -0.117. The number of aryl methyl sites for hydroxylation is 1. The van der Waals surface area contributed by atoms with Gasteiger partial charge in [-0.2, -0.15) is 0 Å². The molecule has 4 nitrogen and oxygen atoms in total. The Morgan fingerprint density at radius 2 is 2.18 bits per heavy atom. The average molecular weight is 274 g/mol. The monoisotopic (exact) mass is 274 g/mol. The molecule has 6 heteroatoms. The van der Waals surface area contributed by atoms with E-state index in [9.17, 15) is 9.00 Å². The molecule has 17 heavy (non-hydrogen) atoms. The smallest absolute Gasteiger partial charge is 0.255 e. The molecule has 0 aliphatic rings. The standard InChI is InChI=1S/C11H18N2O2S2/c1-8(2)4-6-10(14)13-17(12,15)11-7-5-9(3)16-11/h5,7-8H,4,6H2,1-3H3,(H2,12,13,14,15). The summed E-state index contributed by atoms with van der Waals surface area (Å²) in [6.07, 6.45) is 1.04.